The fraction of sp³-hybridized carbons (Fsp3) is 0.562. The molecule has 0 saturated carbocycles. The molecule has 1 aromatic carbocycles. The van der Waals surface area contributed by atoms with Crippen LogP contribution in [-0.4, -0.2) is 43.5 Å². The van der Waals surface area contributed by atoms with E-state index < -0.39 is 0 Å². The van der Waals surface area contributed by atoms with Crippen molar-refractivity contribution in [1.29, 1.82) is 0 Å². The van der Waals surface area contributed by atoms with Gasteiger partial charge in [-0.2, -0.15) is 0 Å². The number of carbonyl (C=O) groups excluding carboxylic acids is 1. The molecule has 110 valence electrons. The highest BCUT2D eigenvalue weighted by atomic mass is 16.2. The predicted molar refractivity (Wildman–Crippen MR) is 83.1 cm³/mol. The van der Waals surface area contributed by atoms with Gasteiger partial charge in [0, 0.05) is 18.3 Å². The van der Waals surface area contributed by atoms with Gasteiger partial charge in [0.2, 0.25) is 5.91 Å². The zero-order chi connectivity index (χ0) is 14.5. The van der Waals surface area contributed by atoms with Gasteiger partial charge in [0.15, 0.2) is 0 Å². The zero-order valence-corrected chi connectivity index (χ0v) is 12.7. The molecule has 4 nitrogen and oxygen atoms in total. The molecule has 1 aromatic rings. The third-order valence-electron chi connectivity index (χ3n) is 3.78. The fourth-order valence-corrected chi connectivity index (χ4v) is 2.66. The first-order valence-electron chi connectivity index (χ1n) is 7.33. The molecule has 1 amide bonds. The summed E-state index contributed by atoms with van der Waals surface area (Å²) in [5.41, 5.74) is 3.18. The van der Waals surface area contributed by atoms with Crippen molar-refractivity contribution in [3.63, 3.8) is 0 Å². The molecule has 20 heavy (non-hydrogen) atoms. The lowest BCUT2D eigenvalue weighted by atomic mass is 10.1. The molecule has 1 aliphatic heterocycles. The van der Waals surface area contributed by atoms with Crippen LogP contribution in [-0.2, 0) is 4.79 Å². The van der Waals surface area contributed by atoms with E-state index >= 15 is 0 Å². The Balaban J connectivity index is 1.83. The second kappa shape index (κ2) is 6.86. The third-order valence-corrected chi connectivity index (χ3v) is 3.78. The highest BCUT2D eigenvalue weighted by Gasteiger charge is 2.17. The zero-order valence-electron chi connectivity index (χ0n) is 12.7. The number of anilines is 1. The average molecular weight is 275 g/mol. The number of aryl methyl sites for hydroxylation is 2. The second-order valence-electron chi connectivity index (χ2n) is 5.86. The number of rotatable bonds is 5. The van der Waals surface area contributed by atoms with Crippen molar-refractivity contribution >= 4 is 11.6 Å². The molecule has 1 saturated heterocycles. The maximum atomic E-state index is 12.1. The van der Waals surface area contributed by atoms with Crippen LogP contribution in [0.2, 0.25) is 0 Å². The van der Waals surface area contributed by atoms with Gasteiger partial charge in [-0.3, -0.25) is 9.69 Å². The van der Waals surface area contributed by atoms with Crippen molar-refractivity contribution in [3.8, 4) is 0 Å². The molecule has 1 fully saturated rings. The maximum absolute atomic E-state index is 12.1. The number of nitrogens with zero attached hydrogens (tertiary/aromatic N) is 1. The van der Waals surface area contributed by atoms with Gasteiger partial charge in [0.1, 0.15) is 0 Å². The maximum Gasteiger partial charge on any atom is 0.238 e. The molecule has 1 heterocycles. The Morgan fingerprint density at radius 3 is 2.95 bits per heavy atom. The number of hydrogen-bond donors (Lipinski definition) is 2. The first-order chi connectivity index (χ1) is 9.54. The van der Waals surface area contributed by atoms with Crippen LogP contribution in [0.3, 0.4) is 0 Å². The lowest BCUT2D eigenvalue weighted by Gasteiger charge is -2.20. The molecule has 1 atom stereocenters. The minimum Gasteiger partial charge on any atom is -0.325 e. The normalized spacial score (nSPS) is 18.5. The molecule has 0 bridgehead atoms. The first kappa shape index (κ1) is 15.0. The van der Waals surface area contributed by atoms with E-state index in [2.05, 4.69) is 21.6 Å². The van der Waals surface area contributed by atoms with E-state index in [1.165, 1.54) is 12.8 Å². The van der Waals surface area contributed by atoms with Gasteiger partial charge in [0.05, 0.1) is 6.54 Å². The Morgan fingerprint density at radius 1 is 1.45 bits per heavy atom. The Bertz CT molecular complexity index is 467. The van der Waals surface area contributed by atoms with Crippen LogP contribution in [0.25, 0.3) is 0 Å². The first-order valence-corrected chi connectivity index (χ1v) is 7.33. The smallest absolute Gasteiger partial charge is 0.238 e. The van der Waals surface area contributed by atoms with Crippen molar-refractivity contribution < 1.29 is 4.79 Å². The standard InChI is InChI=1S/C16H25N3O/c1-12-6-7-13(2)15(9-12)18-16(20)11-19(3)10-14-5-4-8-17-14/h6-7,9,14,17H,4-5,8,10-11H2,1-3H3,(H,18,20). The fourth-order valence-electron chi connectivity index (χ4n) is 2.66. The van der Waals surface area contributed by atoms with E-state index in [-0.39, 0.29) is 5.91 Å². The van der Waals surface area contributed by atoms with Crippen LogP contribution in [0.15, 0.2) is 18.2 Å². The largest absolute Gasteiger partial charge is 0.325 e. The molecule has 0 radical (unpaired) electrons. The van der Waals surface area contributed by atoms with Gasteiger partial charge in [-0.05, 0) is 57.5 Å². The minimum atomic E-state index is 0.0548. The number of benzene rings is 1. The van der Waals surface area contributed by atoms with Crippen LogP contribution in [0.1, 0.15) is 24.0 Å². The van der Waals surface area contributed by atoms with E-state index in [9.17, 15) is 4.79 Å². The molecule has 0 aliphatic carbocycles. The molecule has 1 unspecified atom stereocenters. The van der Waals surface area contributed by atoms with E-state index in [1.54, 1.807) is 0 Å². The minimum absolute atomic E-state index is 0.0548. The van der Waals surface area contributed by atoms with Crippen LogP contribution in [0, 0.1) is 13.8 Å². The lowest BCUT2D eigenvalue weighted by Crippen LogP contribution is -2.39. The summed E-state index contributed by atoms with van der Waals surface area (Å²) in [6, 6.07) is 6.65. The second-order valence-corrected chi connectivity index (χ2v) is 5.86. The van der Waals surface area contributed by atoms with Gasteiger partial charge < -0.3 is 10.6 Å². The average Bonchev–Trinajstić information content (AvgIpc) is 2.86. The van der Waals surface area contributed by atoms with Crippen LogP contribution in [0.5, 0.6) is 0 Å². The molecule has 0 spiro atoms. The Kier molecular flexibility index (Phi) is 5.15. The van der Waals surface area contributed by atoms with Crippen LogP contribution in [0.4, 0.5) is 5.69 Å². The summed E-state index contributed by atoms with van der Waals surface area (Å²) in [4.78, 5) is 14.2. The van der Waals surface area contributed by atoms with Crippen LogP contribution < -0.4 is 10.6 Å². The summed E-state index contributed by atoms with van der Waals surface area (Å²) in [6.45, 7) is 6.52. The van der Waals surface area contributed by atoms with Gasteiger partial charge in [0.25, 0.3) is 0 Å². The van der Waals surface area contributed by atoms with Gasteiger partial charge >= 0.3 is 0 Å². The quantitative estimate of drug-likeness (QED) is 0.863. The summed E-state index contributed by atoms with van der Waals surface area (Å²) in [5, 5.41) is 6.46. The highest BCUT2D eigenvalue weighted by molar-refractivity contribution is 5.93. The van der Waals surface area contributed by atoms with Crippen LogP contribution >= 0.6 is 0 Å². The lowest BCUT2D eigenvalue weighted by molar-refractivity contribution is -0.117. The molecule has 4 heteroatoms. The van der Waals surface area contributed by atoms with E-state index in [0.717, 1.165) is 29.9 Å². The predicted octanol–water partition coefficient (Wildman–Crippen LogP) is 1.93. The Morgan fingerprint density at radius 2 is 2.25 bits per heavy atom. The number of amides is 1. The molecular formula is C16H25N3O. The van der Waals surface area contributed by atoms with E-state index in [1.807, 2.05) is 33.0 Å². The summed E-state index contributed by atoms with van der Waals surface area (Å²) < 4.78 is 0. The van der Waals surface area contributed by atoms with Crippen molar-refractivity contribution in [2.75, 3.05) is 32.0 Å². The SMILES string of the molecule is Cc1ccc(C)c(NC(=O)CN(C)CC2CCCN2)c1. The number of likely N-dealkylation sites (N-methyl/N-ethyl adjacent to an activating group) is 1. The van der Waals surface area contributed by atoms with Crippen molar-refractivity contribution in [2.24, 2.45) is 0 Å². The Labute approximate surface area is 121 Å². The van der Waals surface area contributed by atoms with Crippen molar-refractivity contribution in [3.05, 3.63) is 29.3 Å². The van der Waals surface area contributed by atoms with Crippen molar-refractivity contribution in [2.45, 2.75) is 32.7 Å². The highest BCUT2D eigenvalue weighted by Crippen LogP contribution is 2.16. The topological polar surface area (TPSA) is 44.4 Å². The number of nitrogens with one attached hydrogen (secondary N) is 2. The van der Waals surface area contributed by atoms with Gasteiger partial charge in [-0.15, -0.1) is 0 Å². The monoisotopic (exact) mass is 275 g/mol. The van der Waals surface area contributed by atoms with Gasteiger partial charge in [-0.25, -0.2) is 0 Å². The van der Waals surface area contributed by atoms with E-state index in [0.29, 0.717) is 12.6 Å². The third kappa shape index (κ3) is 4.32. The summed E-state index contributed by atoms with van der Waals surface area (Å²) in [7, 11) is 2.00. The number of hydrogen-bond acceptors (Lipinski definition) is 3. The molecular weight excluding hydrogens is 250 g/mol. The summed E-state index contributed by atoms with van der Waals surface area (Å²) in [5.74, 6) is 0.0548. The Hall–Kier alpha value is -1.39. The van der Waals surface area contributed by atoms with Gasteiger partial charge in [-0.1, -0.05) is 12.1 Å². The van der Waals surface area contributed by atoms with Crippen molar-refractivity contribution in [1.82, 2.24) is 10.2 Å². The molecule has 2 N–H and O–H groups in total. The molecule has 2 rings (SSSR count). The molecule has 0 aromatic heterocycles. The summed E-state index contributed by atoms with van der Waals surface area (Å²) in [6.07, 6.45) is 2.45. The summed E-state index contributed by atoms with van der Waals surface area (Å²) >= 11 is 0. The molecule has 1 aliphatic rings. The van der Waals surface area contributed by atoms with E-state index in [4.69, 9.17) is 0 Å². The number of carbonyl (C=O) groups is 1.